The molecule has 1 atom stereocenters. The number of nitrogens with zero attached hydrogens (tertiary/aromatic N) is 4. The molecule has 2 amide bonds. The second-order valence-electron chi connectivity index (χ2n) is 7.45. The minimum absolute atomic E-state index is 0.239. The number of nitrogens with one attached hydrogen (secondary N) is 3. The second-order valence-corrected chi connectivity index (χ2v) is 9.18. The van der Waals surface area contributed by atoms with Gasteiger partial charge in [-0.15, -0.1) is 0 Å². The van der Waals surface area contributed by atoms with Gasteiger partial charge in [0.2, 0.25) is 5.89 Å². The summed E-state index contributed by atoms with van der Waals surface area (Å²) in [7, 11) is 0. The quantitative estimate of drug-likeness (QED) is 0.344. The first kappa shape index (κ1) is 22.2. The fourth-order valence-electron chi connectivity index (χ4n) is 3.40. The highest BCUT2D eigenvalue weighted by molar-refractivity contribution is 8.14. The lowest BCUT2D eigenvalue weighted by Crippen LogP contribution is -2.32. The summed E-state index contributed by atoms with van der Waals surface area (Å²) in [6, 6.07) is 16.3. The zero-order chi connectivity index (χ0) is 23.3. The first-order valence-electron chi connectivity index (χ1n) is 10.6. The molecule has 34 heavy (non-hydrogen) atoms. The molecule has 11 heteroatoms. The maximum Gasteiger partial charge on any atom is 0.325 e. The van der Waals surface area contributed by atoms with E-state index in [9.17, 15) is 4.79 Å². The molecule has 1 aliphatic rings. The van der Waals surface area contributed by atoms with Crippen LogP contribution in [0.3, 0.4) is 0 Å². The molecular weight excluding hydrogens is 474 g/mol. The van der Waals surface area contributed by atoms with Gasteiger partial charge < -0.3 is 15.1 Å². The summed E-state index contributed by atoms with van der Waals surface area (Å²) in [5.41, 5.74) is 2.53. The van der Waals surface area contributed by atoms with Gasteiger partial charge in [0.25, 0.3) is 5.71 Å². The fourth-order valence-corrected chi connectivity index (χ4v) is 4.59. The van der Waals surface area contributed by atoms with Crippen molar-refractivity contribution in [1.82, 2.24) is 20.3 Å². The van der Waals surface area contributed by atoms with E-state index in [-0.39, 0.29) is 11.3 Å². The van der Waals surface area contributed by atoms with Crippen LogP contribution in [0.2, 0.25) is 5.02 Å². The van der Waals surface area contributed by atoms with E-state index in [1.54, 1.807) is 24.3 Å². The average Bonchev–Trinajstić information content (AvgIpc) is 3.47. The van der Waals surface area contributed by atoms with Crippen molar-refractivity contribution in [2.24, 2.45) is 4.99 Å². The smallest absolute Gasteiger partial charge is 0.325 e. The number of urea groups is 1. The molecule has 3 heterocycles. The largest absolute Gasteiger partial charge is 0.417 e. The molecule has 0 aliphatic carbocycles. The zero-order valence-electron chi connectivity index (χ0n) is 17.9. The van der Waals surface area contributed by atoms with E-state index in [4.69, 9.17) is 16.0 Å². The summed E-state index contributed by atoms with van der Waals surface area (Å²) in [6.45, 7) is 1.29. The molecule has 3 N–H and O–H groups in total. The number of fused-ring (bicyclic) bond motifs is 1. The van der Waals surface area contributed by atoms with Gasteiger partial charge in [0.1, 0.15) is 6.33 Å². The number of benzene rings is 2. The molecule has 0 radical (unpaired) electrons. The molecule has 2 aromatic carbocycles. The number of thioether (sulfide) groups is 1. The minimum atomic E-state index is -0.351. The second kappa shape index (κ2) is 10.1. The molecule has 1 aliphatic heterocycles. The zero-order valence-corrected chi connectivity index (χ0v) is 19.4. The van der Waals surface area contributed by atoms with Crippen LogP contribution < -0.4 is 16.0 Å². The van der Waals surface area contributed by atoms with Gasteiger partial charge >= 0.3 is 6.03 Å². The molecule has 5 rings (SSSR count). The van der Waals surface area contributed by atoms with Crippen LogP contribution in [-0.4, -0.2) is 44.5 Å². The van der Waals surface area contributed by atoms with Crippen LogP contribution >= 0.6 is 23.4 Å². The number of rotatable bonds is 6. The molecule has 0 saturated carbocycles. The Morgan fingerprint density at radius 1 is 1.12 bits per heavy atom. The lowest BCUT2D eigenvalue weighted by molar-refractivity contribution is 0.256. The van der Waals surface area contributed by atoms with Crippen molar-refractivity contribution in [3.8, 4) is 11.5 Å². The molecule has 2 aromatic heterocycles. The van der Waals surface area contributed by atoms with Crippen molar-refractivity contribution in [1.29, 1.82) is 0 Å². The molecule has 0 saturated heterocycles. The number of anilines is 2. The van der Waals surface area contributed by atoms with E-state index in [1.165, 1.54) is 18.1 Å². The predicted molar refractivity (Wildman–Crippen MR) is 135 cm³/mol. The Labute approximate surface area is 204 Å². The number of aromatic nitrogens is 3. The van der Waals surface area contributed by atoms with Crippen LogP contribution in [0.25, 0.3) is 22.7 Å². The standard InChI is InChI=1S/C23H20ClN7O2S/c24-15-7-4-8-16(11-15)29-22(32)31-23-26-12-17(34-23)9-10-25-19-18-21(28-13-27-19)33-20(30-18)14-5-2-1-3-6-14/h1-8,11,13,17H,9-10,12H2,(H,25,27,28)(H2,26,29,31,32). The Morgan fingerprint density at radius 3 is 2.85 bits per heavy atom. The van der Waals surface area contributed by atoms with Gasteiger partial charge in [-0.1, -0.05) is 47.6 Å². The summed E-state index contributed by atoms with van der Waals surface area (Å²) in [5, 5.41) is 10.2. The van der Waals surface area contributed by atoms with E-state index in [0.29, 0.717) is 51.9 Å². The topological polar surface area (TPSA) is 117 Å². The number of oxazole rings is 1. The third-order valence-corrected chi connectivity index (χ3v) is 6.40. The van der Waals surface area contributed by atoms with E-state index >= 15 is 0 Å². The number of carbonyl (C=O) groups excluding carboxylic acids is 1. The lowest BCUT2D eigenvalue weighted by atomic mass is 10.2. The number of amidine groups is 1. The molecule has 9 nitrogen and oxygen atoms in total. The first-order valence-corrected chi connectivity index (χ1v) is 11.9. The van der Waals surface area contributed by atoms with Crippen LogP contribution in [0.15, 0.2) is 70.3 Å². The third kappa shape index (κ3) is 5.29. The monoisotopic (exact) mass is 493 g/mol. The van der Waals surface area contributed by atoms with E-state index in [2.05, 4.69) is 35.9 Å². The number of aliphatic imine (C=N–C) groups is 1. The SMILES string of the molecule is O=C(NC1=NCC(CCNc2ncnc3oc(-c4ccccc4)nc23)S1)Nc1cccc(Cl)c1. The lowest BCUT2D eigenvalue weighted by Gasteiger charge is -2.10. The Kier molecular flexibility index (Phi) is 6.59. The van der Waals surface area contributed by atoms with Crippen molar-refractivity contribution in [3.05, 3.63) is 65.9 Å². The molecule has 172 valence electrons. The van der Waals surface area contributed by atoms with E-state index < -0.39 is 0 Å². The van der Waals surface area contributed by atoms with E-state index in [1.807, 2.05) is 30.3 Å². The van der Waals surface area contributed by atoms with Crippen LogP contribution in [0, 0.1) is 0 Å². The fraction of sp³-hybridized carbons (Fsp3) is 0.174. The Hall–Kier alpha value is -3.63. The predicted octanol–water partition coefficient (Wildman–Crippen LogP) is 5.03. The molecule has 0 spiro atoms. The van der Waals surface area contributed by atoms with Crippen LogP contribution in [0.1, 0.15) is 6.42 Å². The van der Waals surface area contributed by atoms with Gasteiger partial charge in [-0.25, -0.2) is 14.8 Å². The number of carbonyl (C=O) groups is 1. The normalized spacial score (nSPS) is 15.2. The molecule has 4 aromatic rings. The minimum Gasteiger partial charge on any atom is -0.417 e. The summed E-state index contributed by atoms with van der Waals surface area (Å²) < 4.78 is 5.80. The summed E-state index contributed by atoms with van der Waals surface area (Å²) in [5.74, 6) is 1.13. The van der Waals surface area contributed by atoms with Crippen LogP contribution in [0.4, 0.5) is 16.3 Å². The maximum absolute atomic E-state index is 12.2. The number of hydrogen-bond acceptors (Lipinski definition) is 8. The van der Waals surface area contributed by atoms with Crippen molar-refractivity contribution in [2.45, 2.75) is 11.7 Å². The van der Waals surface area contributed by atoms with Crippen molar-refractivity contribution >= 4 is 57.3 Å². The summed E-state index contributed by atoms with van der Waals surface area (Å²) in [6.07, 6.45) is 2.28. The van der Waals surface area contributed by atoms with Gasteiger partial charge in [0, 0.05) is 28.1 Å². The molecule has 1 unspecified atom stereocenters. The van der Waals surface area contributed by atoms with Gasteiger partial charge in [0.05, 0.1) is 6.54 Å². The third-order valence-electron chi connectivity index (χ3n) is 4.99. The van der Waals surface area contributed by atoms with Crippen LogP contribution in [0.5, 0.6) is 0 Å². The Bertz CT molecular complexity index is 1350. The molecule has 0 bridgehead atoms. The highest BCUT2D eigenvalue weighted by Crippen LogP contribution is 2.27. The van der Waals surface area contributed by atoms with Gasteiger partial charge in [0.15, 0.2) is 16.5 Å². The van der Waals surface area contributed by atoms with E-state index in [0.717, 1.165) is 12.0 Å². The maximum atomic E-state index is 12.2. The average molecular weight is 494 g/mol. The van der Waals surface area contributed by atoms with Crippen molar-refractivity contribution in [2.75, 3.05) is 23.7 Å². The number of amides is 2. The molecular formula is C23H20ClN7O2S. The summed E-state index contributed by atoms with van der Waals surface area (Å²) >= 11 is 7.49. The number of hydrogen-bond donors (Lipinski definition) is 3. The first-order chi connectivity index (χ1) is 16.6. The Balaban J connectivity index is 1.12. The molecule has 0 fully saturated rings. The highest BCUT2D eigenvalue weighted by atomic mass is 35.5. The van der Waals surface area contributed by atoms with Crippen LogP contribution in [-0.2, 0) is 0 Å². The summed E-state index contributed by atoms with van der Waals surface area (Å²) in [4.78, 5) is 29.7. The number of halogens is 1. The Morgan fingerprint density at radius 2 is 2.00 bits per heavy atom. The van der Waals surface area contributed by atoms with Gasteiger partial charge in [-0.3, -0.25) is 10.3 Å². The van der Waals surface area contributed by atoms with Gasteiger partial charge in [-0.2, -0.15) is 4.98 Å². The van der Waals surface area contributed by atoms with Crippen molar-refractivity contribution < 1.29 is 9.21 Å². The van der Waals surface area contributed by atoms with Crippen molar-refractivity contribution in [3.63, 3.8) is 0 Å². The highest BCUT2D eigenvalue weighted by Gasteiger charge is 2.21. The van der Waals surface area contributed by atoms with Gasteiger partial charge in [-0.05, 0) is 36.8 Å².